The first-order valence-corrected chi connectivity index (χ1v) is 7.97. The summed E-state index contributed by atoms with van der Waals surface area (Å²) in [6.45, 7) is 2.70. The first-order chi connectivity index (χ1) is 10.4. The van der Waals surface area contributed by atoms with E-state index in [4.69, 9.17) is 9.84 Å². The molecule has 1 aliphatic heterocycles. The summed E-state index contributed by atoms with van der Waals surface area (Å²) in [7, 11) is 1.38. The fourth-order valence-corrected chi connectivity index (χ4v) is 3.53. The largest absolute Gasteiger partial charge is 0.469 e. The van der Waals surface area contributed by atoms with E-state index >= 15 is 0 Å². The van der Waals surface area contributed by atoms with Crippen molar-refractivity contribution in [1.82, 2.24) is 4.90 Å². The SMILES string of the molecule is COC(=O)C(C)(Cc1ccccc1Br)[C@H]1CCN(C(=O)O)C1. The Balaban J connectivity index is 2.27. The smallest absolute Gasteiger partial charge is 0.407 e. The molecule has 1 saturated heterocycles. The molecule has 1 fully saturated rings. The maximum absolute atomic E-state index is 12.4. The van der Waals surface area contributed by atoms with Gasteiger partial charge in [-0.1, -0.05) is 34.1 Å². The summed E-state index contributed by atoms with van der Waals surface area (Å²) in [6, 6.07) is 7.75. The van der Waals surface area contributed by atoms with Crippen molar-refractivity contribution >= 4 is 28.0 Å². The molecule has 1 aromatic rings. The van der Waals surface area contributed by atoms with Gasteiger partial charge in [0.05, 0.1) is 12.5 Å². The van der Waals surface area contributed by atoms with E-state index in [1.807, 2.05) is 31.2 Å². The van der Waals surface area contributed by atoms with Gasteiger partial charge in [0, 0.05) is 17.6 Å². The fraction of sp³-hybridized carbons (Fsp3) is 0.500. The molecule has 1 unspecified atom stereocenters. The van der Waals surface area contributed by atoms with Gasteiger partial charge in [-0.2, -0.15) is 0 Å². The van der Waals surface area contributed by atoms with Crippen LogP contribution in [0.25, 0.3) is 0 Å². The highest BCUT2D eigenvalue weighted by Gasteiger charge is 2.46. The number of carbonyl (C=O) groups excluding carboxylic acids is 1. The molecule has 6 heteroatoms. The number of hydrogen-bond acceptors (Lipinski definition) is 3. The minimum atomic E-state index is -0.935. The average Bonchev–Trinajstić information content (AvgIpc) is 2.99. The van der Waals surface area contributed by atoms with Gasteiger partial charge in [-0.05, 0) is 37.3 Å². The Bertz CT molecular complexity index is 577. The average molecular weight is 370 g/mol. The Morgan fingerprint density at radius 1 is 1.45 bits per heavy atom. The van der Waals surface area contributed by atoms with Gasteiger partial charge < -0.3 is 14.7 Å². The zero-order valence-corrected chi connectivity index (χ0v) is 14.3. The molecule has 1 N–H and O–H groups in total. The van der Waals surface area contributed by atoms with Crippen LogP contribution in [-0.2, 0) is 16.0 Å². The van der Waals surface area contributed by atoms with E-state index in [1.54, 1.807) is 0 Å². The molecule has 0 aliphatic carbocycles. The molecule has 5 nitrogen and oxygen atoms in total. The van der Waals surface area contributed by atoms with Gasteiger partial charge >= 0.3 is 12.1 Å². The van der Waals surface area contributed by atoms with Crippen LogP contribution in [0, 0.1) is 11.3 Å². The quantitative estimate of drug-likeness (QED) is 0.827. The summed E-state index contributed by atoms with van der Waals surface area (Å²) >= 11 is 3.51. The van der Waals surface area contributed by atoms with Crippen molar-refractivity contribution in [3.63, 3.8) is 0 Å². The number of benzene rings is 1. The lowest BCUT2D eigenvalue weighted by atomic mass is 9.72. The van der Waals surface area contributed by atoms with Gasteiger partial charge in [0.1, 0.15) is 0 Å². The lowest BCUT2D eigenvalue weighted by molar-refractivity contribution is -0.155. The first-order valence-electron chi connectivity index (χ1n) is 7.18. The molecule has 1 amide bonds. The van der Waals surface area contributed by atoms with Crippen LogP contribution in [0.4, 0.5) is 4.79 Å². The molecule has 1 aromatic carbocycles. The van der Waals surface area contributed by atoms with Crippen LogP contribution in [0.15, 0.2) is 28.7 Å². The molecule has 2 rings (SSSR count). The maximum Gasteiger partial charge on any atom is 0.407 e. The predicted molar refractivity (Wildman–Crippen MR) is 85.7 cm³/mol. The van der Waals surface area contributed by atoms with Gasteiger partial charge in [0.25, 0.3) is 0 Å². The monoisotopic (exact) mass is 369 g/mol. The Morgan fingerprint density at radius 2 is 2.14 bits per heavy atom. The molecule has 0 radical (unpaired) electrons. The standard InChI is InChI=1S/C16H20BrNO4/c1-16(14(19)22-2,9-11-5-3-4-6-13(11)17)12-7-8-18(10-12)15(20)21/h3-6,12H,7-10H2,1-2H3,(H,20,21)/t12-,16?/m0/s1. The molecule has 2 atom stereocenters. The van der Waals surface area contributed by atoms with E-state index < -0.39 is 11.5 Å². The topological polar surface area (TPSA) is 66.8 Å². The minimum Gasteiger partial charge on any atom is -0.469 e. The summed E-state index contributed by atoms with van der Waals surface area (Å²) in [5.41, 5.74) is 0.271. The van der Waals surface area contributed by atoms with Crippen molar-refractivity contribution in [2.24, 2.45) is 11.3 Å². The molecule has 1 aliphatic rings. The van der Waals surface area contributed by atoms with Crippen molar-refractivity contribution in [1.29, 1.82) is 0 Å². The molecule has 0 aromatic heterocycles. The highest BCUT2D eigenvalue weighted by Crippen LogP contribution is 2.40. The number of ether oxygens (including phenoxy) is 1. The molecule has 0 bridgehead atoms. The normalized spacial score (nSPS) is 20.5. The molecule has 22 heavy (non-hydrogen) atoms. The van der Waals surface area contributed by atoms with Crippen LogP contribution >= 0.6 is 15.9 Å². The van der Waals surface area contributed by atoms with Crippen LogP contribution in [0.3, 0.4) is 0 Å². The number of amides is 1. The molecule has 1 heterocycles. The molecular weight excluding hydrogens is 350 g/mol. The summed E-state index contributed by atoms with van der Waals surface area (Å²) in [5.74, 6) is -0.344. The highest BCUT2D eigenvalue weighted by molar-refractivity contribution is 9.10. The number of halogens is 1. The third kappa shape index (κ3) is 3.27. The van der Waals surface area contributed by atoms with E-state index in [1.165, 1.54) is 12.0 Å². The number of carbonyl (C=O) groups is 2. The van der Waals surface area contributed by atoms with Crippen molar-refractivity contribution in [3.05, 3.63) is 34.3 Å². The molecular formula is C16H20BrNO4. The Labute approximate surface area is 138 Å². The van der Waals surface area contributed by atoms with Crippen LogP contribution < -0.4 is 0 Å². The zero-order chi connectivity index (χ0) is 16.3. The Hall–Kier alpha value is -1.56. The van der Waals surface area contributed by atoms with Gasteiger partial charge in [-0.15, -0.1) is 0 Å². The van der Waals surface area contributed by atoms with E-state index in [2.05, 4.69) is 15.9 Å². The summed E-state index contributed by atoms with van der Waals surface area (Å²) < 4.78 is 5.96. The Morgan fingerprint density at radius 3 is 2.68 bits per heavy atom. The van der Waals surface area contributed by atoms with E-state index in [0.29, 0.717) is 25.9 Å². The first kappa shape index (κ1) is 16.8. The number of likely N-dealkylation sites (tertiary alicyclic amines) is 1. The number of esters is 1. The second-order valence-corrected chi connectivity index (χ2v) is 6.75. The van der Waals surface area contributed by atoms with E-state index in [9.17, 15) is 9.59 Å². The van der Waals surface area contributed by atoms with Crippen LogP contribution in [0.5, 0.6) is 0 Å². The molecule has 0 spiro atoms. The predicted octanol–water partition coefficient (Wildman–Crippen LogP) is 3.17. The zero-order valence-electron chi connectivity index (χ0n) is 12.7. The number of hydrogen-bond donors (Lipinski definition) is 1. The van der Waals surface area contributed by atoms with Crippen LogP contribution in [0.2, 0.25) is 0 Å². The second-order valence-electron chi connectivity index (χ2n) is 5.89. The number of carboxylic acid groups (broad SMARTS) is 1. The lowest BCUT2D eigenvalue weighted by Gasteiger charge is -2.33. The van der Waals surface area contributed by atoms with Crippen molar-refractivity contribution in [3.8, 4) is 0 Å². The van der Waals surface area contributed by atoms with Crippen molar-refractivity contribution < 1.29 is 19.4 Å². The third-order valence-corrected chi connectivity index (χ3v) is 5.30. The van der Waals surface area contributed by atoms with Crippen molar-refractivity contribution in [2.45, 2.75) is 19.8 Å². The van der Waals surface area contributed by atoms with Gasteiger partial charge in [-0.3, -0.25) is 4.79 Å². The van der Waals surface area contributed by atoms with Gasteiger partial charge in [-0.25, -0.2) is 4.79 Å². The number of methoxy groups -OCH3 is 1. The number of rotatable bonds is 4. The Kier molecular flexibility index (Phi) is 5.11. The van der Waals surface area contributed by atoms with Gasteiger partial charge in [0.15, 0.2) is 0 Å². The van der Waals surface area contributed by atoms with Crippen LogP contribution in [0.1, 0.15) is 18.9 Å². The van der Waals surface area contributed by atoms with Gasteiger partial charge in [0.2, 0.25) is 0 Å². The summed E-state index contributed by atoms with van der Waals surface area (Å²) in [4.78, 5) is 24.9. The maximum atomic E-state index is 12.4. The third-order valence-electron chi connectivity index (χ3n) is 4.53. The summed E-state index contributed by atoms with van der Waals surface area (Å²) in [6.07, 6.45) is 0.247. The lowest BCUT2D eigenvalue weighted by Crippen LogP contribution is -2.41. The second kappa shape index (κ2) is 6.69. The number of nitrogens with zero attached hydrogens (tertiary/aromatic N) is 1. The minimum absolute atomic E-state index is 0.0526. The van der Waals surface area contributed by atoms with Crippen molar-refractivity contribution in [2.75, 3.05) is 20.2 Å². The van der Waals surface area contributed by atoms with Crippen LogP contribution in [-0.4, -0.2) is 42.3 Å². The summed E-state index contributed by atoms with van der Waals surface area (Å²) in [5, 5.41) is 9.13. The molecule has 120 valence electrons. The highest BCUT2D eigenvalue weighted by atomic mass is 79.9. The van der Waals surface area contributed by atoms with E-state index in [-0.39, 0.29) is 11.9 Å². The fourth-order valence-electron chi connectivity index (χ4n) is 3.11. The van der Waals surface area contributed by atoms with E-state index in [0.717, 1.165) is 10.0 Å². The molecule has 0 saturated carbocycles.